The predicted octanol–water partition coefficient (Wildman–Crippen LogP) is -0.585. The average Bonchev–Trinajstić information content (AvgIpc) is 2.46. The van der Waals surface area contributed by atoms with Gasteiger partial charge in [0.15, 0.2) is 0 Å². The second kappa shape index (κ2) is 2.44. The van der Waals surface area contributed by atoms with E-state index in [4.69, 9.17) is 0 Å². The predicted molar refractivity (Wildman–Crippen MR) is 43.5 cm³/mol. The first-order valence-corrected chi connectivity index (χ1v) is 4.35. The van der Waals surface area contributed by atoms with Gasteiger partial charge in [0, 0.05) is 6.54 Å². The first-order valence-electron chi connectivity index (χ1n) is 4.35. The summed E-state index contributed by atoms with van der Waals surface area (Å²) in [6.45, 7) is 3.10. The fourth-order valence-corrected chi connectivity index (χ4v) is 2.30. The van der Waals surface area contributed by atoms with Gasteiger partial charge in [0.05, 0.1) is 11.6 Å². The van der Waals surface area contributed by atoms with Crippen molar-refractivity contribution >= 4 is 0 Å². The maximum atomic E-state index is 9.71. The maximum Gasteiger partial charge on any atom is 0.0746 e. The third kappa shape index (κ3) is 1.08. The van der Waals surface area contributed by atoms with Gasteiger partial charge >= 0.3 is 0 Å². The van der Waals surface area contributed by atoms with Crippen LogP contribution < -0.4 is 5.32 Å². The van der Waals surface area contributed by atoms with Gasteiger partial charge in [-0.2, -0.15) is 0 Å². The Kier molecular flexibility index (Phi) is 1.67. The first kappa shape index (κ1) is 7.53. The van der Waals surface area contributed by atoms with Gasteiger partial charge in [-0.3, -0.25) is 0 Å². The molecule has 2 aliphatic rings. The van der Waals surface area contributed by atoms with Gasteiger partial charge in [-0.25, -0.2) is 0 Å². The molecule has 0 bridgehead atoms. The summed E-state index contributed by atoms with van der Waals surface area (Å²) >= 11 is 0. The Morgan fingerprint density at radius 2 is 2.45 bits per heavy atom. The summed E-state index contributed by atoms with van der Waals surface area (Å²) in [7, 11) is 2.11. The number of nitrogens with one attached hydrogen (secondary N) is 1. The Balaban J connectivity index is 2.10. The molecule has 64 valence electrons. The standard InChI is InChI=1S/C8H16N2O/c1-10-5-3-8(6-10)7(11)2-4-9-8/h7,9,11H,2-6H2,1H3. The van der Waals surface area contributed by atoms with Crippen LogP contribution in [-0.4, -0.2) is 48.3 Å². The Labute approximate surface area is 67.4 Å². The molecule has 0 aromatic carbocycles. The molecule has 2 saturated heterocycles. The van der Waals surface area contributed by atoms with Crippen LogP contribution in [-0.2, 0) is 0 Å². The van der Waals surface area contributed by atoms with Crippen LogP contribution in [0, 0.1) is 0 Å². The van der Waals surface area contributed by atoms with E-state index in [-0.39, 0.29) is 11.6 Å². The smallest absolute Gasteiger partial charge is 0.0746 e. The van der Waals surface area contributed by atoms with E-state index in [1.165, 1.54) is 0 Å². The zero-order valence-electron chi connectivity index (χ0n) is 7.01. The SMILES string of the molecule is CN1CCC2(C1)NCCC2O. The molecule has 2 rings (SSSR count). The van der Waals surface area contributed by atoms with E-state index < -0.39 is 0 Å². The molecule has 1 spiro atoms. The number of rotatable bonds is 0. The summed E-state index contributed by atoms with van der Waals surface area (Å²) in [6.07, 6.45) is 1.91. The summed E-state index contributed by atoms with van der Waals surface area (Å²) in [5, 5.41) is 13.1. The molecular formula is C8H16N2O. The fourth-order valence-electron chi connectivity index (χ4n) is 2.30. The largest absolute Gasteiger partial charge is 0.391 e. The number of hydrogen-bond acceptors (Lipinski definition) is 3. The first-order chi connectivity index (χ1) is 5.23. The molecule has 3 heteroatoms. The second-order valence-electron chi connectivity index (χ2n) is 3.88. The van der Waals surface area contributed by atoms with Crippen LogP contribution in [0.1, 0.15) is 12.8 Å². The van der Waals surface area contributed by atoms with Crippen molar-refractivity contribution in [2.75, 3.05) is 26.7 Å². The van der Waals surface area contributed by atoms with Crippen molar-refractivity contribution in [3.63, 3.8) is 0 Å². The number of hydrogen-bond donors (Lipinski definition) is 2. The highest BCUT2D eigenvalue weighted by atomic mass is 16.3. The van der Waals surface area contributed by atoms with Crippen LogP contribution in [0.3, 0.4) is 0 Å². The van der Waals surface area contributed by atoms with E-state index in [1.54, 1.807) is 0 Å². The Morgan fingerprint density at radius 1 is 1.64 bits per heavy atom. The molecule has 0 amide bonds. The zero-order valence-corrected chi connectivity index (χ0v) is 7.01. The minimum atomic E-state index is -0.118. The van der Waals surface area contributed by atoms with Crippen LogP contribution in [0.5, 0.6) is 0 Å². The topological polar surface area (TPSA) is 35.5 Å². The highest BCUT2D eigenvalue weighted by Gasteiger charge is 2.45. The van der Waals surface area contributed by atoms with Crippen molar-refractivity contribution in [3.05, 3.63) is 0 Å². The third-order valence-corrected chi connectivity index (χ3v) is 3.02. The summed E-state index contributed by atoms with van der Waals surface area (Å²) < 4.78 is 0. The highest BCUT2D eigenvalue weighted by Crippen LogP contribution is 2.29. The van der Waals surface area contributed by atoms with Gasteiger partial charge < -0.3 is 15.3 Å². The van der Waals surface area contributed by atoms with Gasteiger partial charge in [0.1, 0.15) is 0 Å². The number of aliphatic hydroxyl groups excluding tert-OH is 1. The Bertz CT molecular complexity index is 162. The van der Waals surface area contributed by atoms with Gasteiger partial charge in [0.2, 0.25) is 0 Å². The van der Waals surface area contributed by atoms with E-state index >= 15 is 0 Å². The third-order valence-electron chi connectivity index (χ3n) is 3.02. The number of likely N-dealkylation sites (tertiary alicyclic amines) is 1. The summed E-state index contributed by atoms with van der Waals surface area (Å²) in [6, 6.07) is 0. The van der Waals surface area contributed by atoms with Crippen molar-refractivity contribution in [1.29, 1.82) is 0 Å². The lowest BCUT2D eigenvalue weighted by Crippen LogP contribution is -2.49. The van der Waals surface area contributed by atoms with Crippen LogP contribution in [0.2, 0.25) is 0 Å². The van der Waals surface area contributed by atoms with E-state index in [0.29, 0.717) is 0 Å². The summed E-state index contributed by atoms with van der Waals surface area (Å²) in [5.74, 6) is 0. The monoisotopic (exact) mass is 156 g/mol. The fraction of sp³-hybridized carbons (Fsp3) is 1.00. The molecule has 2 fully saturated rings. The summed E-state index contributed by atoms with van der Waals surface area (Å²) in [4.78, 5) is 2.28. The molecular weight excluding hydrogens is 140 g/mol. The molecule has 0 aromatic heterocycles. The minimum absolute atomic E-state index is 0.0503. The summed E-state index contributed by atoms with van der Waals surface area (Å²) in [5.41, 5.74) is 0.0503. The van der Waals surface area contributed by atoms with Gasteiger partial charge in [-0.15, -0.1) is 0 Å². The zero-order chi connectivity index (χ0) is 7.90. The van der Waals surface area contributed by atoms with Crippen molar-refractivity contribution in [2.24, 2.45) is 0 Å². The molecule has 0 aliphatic carbocycles. The highest BCUT2D eigenvalue weighted by molar-refractivity contribution is 5.05. The van der Waals surface area contributed by atoms with Crippen molar-refractivity contribution in [2.45, 2.75) is 24.5 Å². The molecule has 2 N–H and O–H groups in total. The molecule has 0 saturated carbocycles. The Morgan fingerprint density at radius 3 is 2.91 bits per heavy atom. The van der Waals surface area contributed by atoms with E-state index in [2.05, 4.69) is 17.3 Å². The second-order valence-corrected chi connectivity index (χ2v) is 3.88. The molecule has 2 aliphatic heterocycles. The van der Waals surface area contributed by atoms with Crippen molar-refractivity contribution in [3.8, 4) is 0 Å². The van der Waals surface area contributed by atoms with E-state index in [0.717, 1.165) is 32.5 Å². The molecule has 2 unspecified atom stereocenters. The van der Waals surface area contributed by atoms with E-state index in [9.17, 15) is 5.11 Å². The number of likely N-dealkylation sites (N-methyl/N-ethyl adjacent to an activating group) is 1. The van der Waals surface area contributed by atoms with Crippen molar-refractivity contribution in [1.82, 2.24) is 10.2 Å². The lowest BCUT2D eigenvalue weighted by atomic mass is 9.94. The molecule has 2 atom stereocenters. The normalized spacial score (nSPS) is 45.8. The molecule has 11 heavy (non-hydrogen) atoms. The minimum Gasteiger partial charge on any atom is -0.391 e. The van der Waals surface area contributed by atoms with Crippen LogP contribution in [0.25, 0.3) is 0 Å². The van der Waals surface area contributed by atoms with Gasteiger partial charge in [-0.1, -0.05) is 0 Å². The molecule has 0 aromatic rings. The molecule has 3 nitrogen and oxygen atoms in total. The lowest BCUT2D eigenvalue weighted by Gasteiger charge is -2.27. The lowest BCUT2D eigenvalue weighted by molar-refractivity contribution is 0.102. The number of nitrogens with zero attached hydrogens (tertiary/aromatic N) is 1. The van der Waals surface area contributed by atoms with Gasteiger partial charge in [0.25, 0.3) is 0 Å². The van der Waals surface area contributed by atoms with Crippen LogP contribution >= 0.6 is 0 Å². The van der Waals surface area contributed by atoms with Gasteiger partial charge in [-0.05, 0) is 33.0 Å². The maximum absolute atomic E-state index is 9.71. The van der Waals surface area contributed by atoms with Crippen LogP contribution in [0.15, 0.2) is 0 Å². The Hall–Kier alpha value is -0.120. The number of aliphatic hydroxyl groups is 1. The quantitative estimate of drug-likeness (QED) is 0.492. The van der Waals surface area contributed by atoms with E-state index in [1.807, 2.05) is 0 Å². The van der Waals surface area contributed by atoms with Crippen molar-refractivity contribution < 1.29 is 5.11 Å². The average molecular weight is 156 g/mol. The molecule has 2 heterocycles. The molecule has 0 radical (unpaired) electrons. The van der Waals surface area contributed by atoms with Crippen LogP contribution in [0.4, 0.5) is 0 Å².